The van der Waals surface area contributed by atoms with Gasteiger partial charge in [-0.25, -0.2) is 8.42 Å². The van der Waals surface area contributed by atoms with Crippen molar-refractivity contribution >= 4 is 21.6 Å². The van der Waals surface area contributed by atoms with Crippen LogP contribution in [0.3, 0.4) is 0 Å². The average Bonchev–Trinajstić information content (AvgIpc) is 3.57. The zero-order valence-electron chi connectivity index (χ0n) is 20.6. The SMILES string of the molecule is O=C(Nc1c2c(cc3c1CCC3)CCC2)[C@@H]1Cc2ccccc2CN1S(=O)(=O)c1ccc(C(F)(F)F)cc1. The van der Waals surface area contributed by atoms with Crippen LogP contribution in [0.2, 0.25) is 0 Å². The van der Waals surface area contributed by atoms with Crippen molar-refractivity contribution in [3.63, 3.8) is 0 Å². The van der Waals surface area contributed by atoms with Crippen molar-refractivity contribution in [3.8, 4) is 0 Å². The third-order valence-electron chi connectivity index (χ3n) is 8.02. The predicted octanol–water partition coefficient (Wildman–Crippen LogP) is 5.44. The molecule has 3 aromatic carbocycles. The second-order valence-electron chi connectivity index (χ2n) is 10.3. The Kier molecular flexibility index (Phi) is 6.11. The highest BCUT2D eigenvalue weighted by Gasteiger charge is 2.41. The number of halogens is 3. The number of aryl methyl sites for hydroxylation is 2. The summed E-state index contributed by atoms with van der Waals surface area (Å²) in [5.74, 6) is -0.413. The first kappa shape index (κ1) is 25.1. The lowest BCUT2D eigenvalue weighted by Gasteiger charge is -2.35. The third kappa shape index (κ3) is 4.31. The first-order chi connectivity index (χ1) is 18.1. The number of nitrogens with one attached hydrogen (secondary N) is 1. The second-order valence-corrected chi connectivity index (χ2v) is 12.2. The normalized spacial score (nSPS) is 19.1. The number of sulfonamides is 1. The Morgan fingerprint density at radius 3 is 2.05 bits per heavy atom. The first-order valence-electron chi connectivity index (χ1n) is 12.9. The number of rotatable bonds is 4. The molecule has 1 atom stereocenters. The van der Waals surface area contributed by atoms with Gasteiger partial charge in [0.25, 0.3) is 0 Å². The monoisotopic (exact) mass is 540 g/mol. The summed E-state index contributed by atoms with van der Waals surface area (Å²) in [4.78, 5) is 13.6. The van der Waals surface area contributed by atoms with Gasteiger partial charge >= 0.3 is 6.18 Å². The van der Waals surface area contributed by atoms with Gasteiger partial charge < -0.3 is 5.32 Å². The molecule has 2 aliphatic carbocycles. The van der Waals surface area contributed by atoms with E-state index in [0.29, 0.717) is 0 Å². The van der Waals surface area contributed by atoms with Crippen LogP contribution in [0.15, 0.2) is 59.5 Å². The molecule has 9 heteroatoms. The van der Waals surface area contributed by atoms with Crippen molar-refractivity contribution < 1.29 is 26.4 Å². The lowest BCUT2D eigenvalue weighted by Crippen LogP contribution is -2.50. The van der Waals surface area contributed by atoms with Gasteiger partial charge in [0.1, 0.15) is 6.04 Å². The van der Waals surface area contributed by atoms with E-state index in [-0.39, 0.29) is 17.9 Å². The first-order valence-corrected chi connectivity index (χ1v) is 14.3. The standard InChI is InChI=1S/C29H27F3N2O3S/c30-29(31,32)22-11-13-23(14-12-22)38(36,37)34-17-21-6-2-1-5-18(21)16-26(34)28(35)33-27-24-9-3-7-19(24)15-20-8-4-10-25(20)27/h1-2,5-6,11-15,26H,3-4,7-10,16-17H2,(H,33,35)/t26-/m0/s1. The van der Waals surface area contributed by atoms with E-state index >= 15 is 0 Å². The molecule has 0 aromatic heterocycles. The molecule has 3 aromatic rings. The van der Waals surface area contributed by atoms with Crippen molar-refractivity contribution in [2.75, 3.05) is 5.32 Å². The zero-order valence-corrected chi connectivity index (χ0v) is 21.5. The molecule has 3 aliphatic rings. The number of nitrogens with zero attached hydrogens (tertiary/aromatic N) is 1. The van der Waals surface area contributed by atoms with Gasteiger partial charge in [-0.05, 0) is 103 Å². The fraction of sp³-hybridized carbons (Fsp3) is 0.345. The van der Waals surface area contributed by atoms with Gasteiger partial charge in [-0.2, -0.15) is 17.5 Å². The van der Waals surface area contributed by atoms with Crippen LogP contribution in [0.4, 0.5) is 18.9 Å². The summed E-state index contributed by atoms with van der Waals surface area (Å²) in [7, 11) is -4.27. The van der Waals surface area contributed by atoms with Crippen LogP contribution >= 0.6 is 0 Å². The lowest BCUT2D eigenvalue weighted by molar-refractivity contribution is -0.137. The van der Waals surface area contributed by atoms with E-state index in [1.54, 1.807) is 6.07 Å². The molecule has 38 heavy (non-hydrogen) atoms. The van der Waals surface area contributed by atoms with E-state index in [2.05, 4.69) is 11.4 Å². The van der Waals surface area contributed by atoms with Crippen molar-refractivity contribution in [3.05, 3.63) is 93.5 Å². The Hall–Kier alpha value is -3.17. The second kappa shape index (κ2) is 9.24. The Labute approximate surface area is 219 Å². The van der Waals surface area contributed by atoms with Gasteiger partial charge in [-0.3, -0.25) is 4.79 Å². The number of carbonyl (C=O) groups is 1. The summed E-state index contributed by atoms with van der Waals surface area (Å²) in [6.45, 7) is -0.0391. The minimum atomic E-state index is -4.58. The van der Waals surface area contributed by atoms with Gasteiger partial charge in [0.15, 0.2) is 0 Å². The van der Waals surface area contributed by atoms with E-state index in [1.807, 2.05) is 18.2 Å². The van der Waals surface area contributed by atoms with E-state index in [0.717, 1.165) is 95.0 Å². The van der Waals surface area contributed by atoms with Crippen molar-refractivity contribution in [1.82, 2.24) is 4.31 Å². The van der Waals surface area contributed by atoms with Crippen LogP contribution in [0.5, 0.6) is 0 Å². The van der Waals surface area contributed by atoms with Gasteiger partial charge in [-0.15, -0.1) is 0 Å². The fourth-order valence-corrected chi connectivity index (χ4v) is 7.67. The molecule has 198 valence electrons. The Morgan fingerprint density at radius 2 is 1.45 bits per heavy atom. The van der Waals surface area contributed by atoms with Crippen LogP contribution < -0.4 is 5.32 Å². The molecule has 0 unspecified atom stereocenters. The molecule has 0 bridgehead atoms. The molecule has 0 saturated carbocycles. The average molecular weight is 541 g/mol. The number of carbonyl (C=O) groups excluding carboxylic acids is 1. The van der Waals surface area contributed by atoms with Crippen molar-refractivity contribution in [2.24, 2.45) is 0 Å². The maximum atomic E-state index is 13.9. The van der Waals surface area contributed by atoms with Crippen LogP contribution in [0, 0.1) is 0 Å². The van der Waals surface area contributed by atoms with Gasteiger partial charge in [0.2, 0.25) is 15.9 Å². The number of anilines is 1. The molecule has 1 N–H and O–H groups in total. The molecule has 0 fully saturated rings. The highest BCUT2D eigenvalue weighted by Crippen LogP contribution is 2.39. The number of hydrogen-bond acceptors (Lipinski definition) is 3. The summed E-state index contributed by atoms with van der Waals surface area (Å²) in [5, 5.41) is 3.13. The molecular formula is C29H27F3N2O3S. The van der Waals surface area contributed by atoms with Crippen LogP contribution in [-0.2, 0) is 59.6 Å². The zero-order chi connectivity index (χ0) is 26.7. The summed E-state index contributed by atoms with van der Waals surface area (Å²) >= 11 is 0. The molecule has 1 amide bonds. The van der Waals surface area contributed by atoms with Crippen molar-refractivity contribution in [1.29, 1.82) is 0 Å². The minimum absolute atomic E-state index is 0.0391. The van der Waals surface area contributed by atoms with E-state index < -0.39 is 33.7 Å². The highest BCUT2D eigenvalue weighted by atomic mass is 32.2. The number of benzene rings is 3. The van der Waals surface area contributed by atoms with Gasteiger partial charge in [-0.1, -0.05) is 30.3 Å². The molecule has 1 aliphatic heterocycles. The van der Waals surface area contributed by atoms with Gasteiger partial charge in [0, 0.05) is 12.2 Å². The largest absolute Gasteiger partial charge is 0.416 e. The molecule has 5 nitrogen and oxygen atoms in total. The number of alkyl halides is 3. The molecular weight excluding hydrogens is 513 g/mol. The summed E-state index contributed by atoms with van der Waals surface area (Å²) in [6, 6.07) is 12.0. The van der Waals surface area contributed by atoms with E-state index in [1.165, 1.54) is 11.1 Å². The highest BCUT2D eigenvalue weighted by molar-refractivity contribution is 7.89. The van der Waals surface area contributed by atoms with Crippen molar-refractivity contribution in [2.45, 2.75) is 68.6 Å². The summed E-state index contributed by atoms with van der Waals surface area (Å²) in [6.07, 6.45) is 1.33. The Balaban J connectivity index is 1.37. The third-order valence-corrected chi connectivity index (χ3v) is 9.89. The molecule has 1 heterocycles. The maximum absolute atomic E-state index is 13.9. The van der Waals surface area contributed by atoms with Crippen LogP contribution in [0.25, 0.3) is 0 Å². The minimum Gasteiger partial charge on any atom is -0.324 e. The molecule has 6 rings (SSSR count). The fourth-order valence-electron chi connectivity index (χ4n) is 6.10. The maximum Gasteiger partial charge on any atom is 0.416 e. The van der Waals surface area contributed by atoms with Crippen LogP contribution in [0.1, 0.15) is 51.8 Å². The Morgan fingerprint density at radius 1 is 0.842 bits per heavy atom. The number of fused-ring (bicyclic) bond motifs is 3. The molecule has 0 spiro atoms. The molecule has 0 radical (unpaired) electrons. The van der Waals surface area contributed by atoms with Crippen LogP contribution in [-0.4, -0.2) is 24.7 Å². The predicted molar refractivity (Wildman–Crippen MR) is 137 cm³/mol. The van der Waals surface area contributed by atoms with Gasteiger partial charge in [0.05, 0.1) is 10.5 Å². The topological polar surface area (TPSA) is 66.5 Å². The number of amides is 1. The quantitative estimate of drug-likeness (QED) is 0.480. The lowest BCUT2D eigenvalue weighted by atomic mass is 9.94. The van der Waals surface area contributed by atoms with E-state index in [4.69, 9.17) is 0 Å². The van der Waals surface area contributed by atoms with E-state index in [9.17, 15) is 26.4 Å². The number of hydrogen-bond donors (Lipinski definition) is 1. The smallest absolute Gasteiger partial charge is 0.324 e. The molecule has 0 saturated heterocycles. The summed E-state index contributed by atoms with van der Waals surface area (Å²) in [5.41, 5.74) is 6.36. The summed E-state index contributed by atoms with van der Waals surface area (Å²) < 4.78 is 67.9. The Bertz CT molecular complexity index is 1500.